The molecular formula is C15H25N2OP3. The smallest absolute Gasteiger partial charge is 0.144 e. The normalized spacial score (nSPS) is 16.0. The summed E-state index contributed by atoms with van der Waals surface area (Å²) < 4.78 is 10.2. The number of hydrogen-bond donors (Lipinski definition) is 0. The molecule has 0 N–H and O–H groups in total. The van der Waals surface area contributed by atoms with Gasteiger partial charge in [-0.05, 0) is 74.8 Å². The van der Waals surface area contributed by atoms with Crippen LogP contribution in [0.1, 0.15) is 31.4 Å². The van der Waals surface area contributed by atoms with E-state index in [1.807, 2.05) is 4.44 Å². The van der Waals surface area contributed by atoms with Gasteiger partial charge in [0.05, 0.1) is 11.8 Å². The highest BCUT2D eigenvalue weighted by Crippen LogP contribution is 2.39. The second-order valence-electron chi connectivity index (χ2n) is 5.68. The lowest BCUT2D eigenvalue weighted by Gasteiger charge is -2.25. The summed E-state index contributed by atoms with van der Waals surface area (Å²) in [6.07, 6.45) is 3.56. The summed E-state index contributed by atoms with van der Waals surface area (Å²) in [5.74, 6) is 0.935. The van der Waals surface area contributed by atoms with Crippen molar-refractivity contribution in [3.63, 3.8) is 0 Å². The summed E-state index contributed by atoms with van der Waals surface area (Å²) in [6, 6.07) is 4.39. The third kappa shape index (κ3) is 4.40. The monoisotopic (exact) mass is 342 g/mol. The first-order valence-electron chi connectivity index (χ1n) is 7.18. The average Bonchev–Trinajstić information content (AvgIpc) is 2.40. The maximum atomic E-state index is 6.00. The van der Waals surface area contributed by atoms with E-state index in [2.05, 4.69) is 71.8 Å². The molecule has 6 heteroatoms. The lowest BCUT2D eigenvalue weighted by atomic mass is 9.95. The molecular weight excluding hydrogens is 317 g/mol. The van der Waals surface area contributed by atoms with E-state index < -0.39 is 0 Å². The minimum atomic E-state index is 0.164. The van der Waals surface area contributed by atoms with E-state index in [9.17, 15) is 0 Å². The second-order valence-corrected chi connectivity index (χ2v) is 8.12. The molecule has 0 fully saturated rings. The SMILES string of the molecule is Cc1cc(N(P)P)c(OC(C)C)cc1C1=CCN(P)CC1. The van der Waals surface area contributed by atoms with Crippen molar-refractivity contribution >= 4 is 39.4 Å². The molecule has 0 aliphatic carbocycles. The van der Waals surface area contributed by atoms with Gasteiger partial charge in [0, 0.05) is 13.1 Å². The Morgan fingerprint density at radius 2 is 2.00 bits per heavy atom. The summed E-state index contributed by atoms with van der Waals surface area (Å²) in [5.41, 5.74) is 5.10. The molecule has 0 spiro atoms. The molecule has 1 aliphatic heterocycles. The van der Waals surface area contributed by atoms with Crippen LogP contribution in [0.5, 0.6) is 5.75 Å². The number of aryl methyl sites for hydroxylation is 1. The highest BCUT2D eigenvalue weighted by atomic mass is 31.1. The number of anilines is 1. The average molecular weight is 342 g/mol. The van der Waals surface area contributed by atoms with Gasteiger partial charge in [-0.3, -0.25) is 4.67 Å². The lowest BCUT2D eigenvalue weighted by Crippen LogP contribution is -2.18. The molecule has 0 radical (unpaired) electrons. The molecule has 2 rings (SSSR count). The molecule has 21 heavy (non-hydrogen) atoms. The Morgan fingerprint density at radius 1 is 1.29 bits per heavy atom. The summed E-state index contributed by atoms with van der Waals surface area (Å²) in [5, 5.41) is 0. The van der Waals surface area contributed by atoms with Gasteiger partial charge in [0.15, 0.2) is 0 Å². The van der Waals surface area contributed by atoms with E-state index in [-0.39, 0.29) is 6.10 Å². The van der Waals surface area contributed by atoms with E-state index in [1.165, 1.54) is 16.7 Å². The molecule has 0 amide bonds. The van der Waals surface area contributed by atoms with Crippen LogP contribution in [0.3, 0.4) is 0 Å². The number of ether oxygens (including phenoxy) is 1. The van der Waals surface area contributed by atoms with Crippen LogP contribution in [0, 0.1) is 6.92 Å². The third-order valence-electron chi connectivity index (χ3n) is 3.53. The fourth-order valence-corrected chi connectivity index (χ4v) is 3.14. The first-order valence-corrected chi connectivity index (χ1v) is 8.73. The third-order valence-corrected chi connectivity index (χ3v) is 4.56. The summed E-state index contributed by atoms with van der Waals surface area (Å²) in [6.45, 7) is 8.36. The van der Waals surface area contributed by atoms with E-state index in [0.29, 0.717) is 0 Å². The molecule has 0 saturated carbocycles. The van der Waals surface area contributed by atoms with Crippen LogP contribution < -0.4 is 9.18 Å². The Labute approximate surface area is 135 Å². The van der Waals surface area contributed by atoms with E-state index >= 15 is 0 Å². The molecule has 0 saturated heterocycles. The van der Waals surface area contributed by atoms with Gasteiger partial charge in [0.1, 0.15) is 5.75 Å². The number of rotatable bonds is 4. The first kappa shape index (κ1) is 17.2. The molecule has 3 unspecified atom stereocenters. The fraction of sp³-hybridized carbons (Fsp3) is 0.467. The van der Waals surface area contributed by atoms with Gasteiger partial charge < -0.3 is 9.18 Å². The second kappa shape index (κ2) is 7.38. The topological polar surface area (TPSA) is 15.7 Å². The minimum Gasteiger partial charge on any atom is -0.489 e. The first-order chi connectivity index (χ1) is 9.88. The molecule has 1 heterocycles. The van der Waals surface area contributed by atoms with Gasteiger partial charge in [0.25, 0.3) is 0 Å². The summed E-state index contributed by atoms with van der Waals surface area (Å²) in [4.78, 5) is 0. The van der Waals surface area contributed by atoms with Crippen LogP contribution in [0.2, 0.25) is 0 Å². The van der Waals surface area contributed by atoms with Crippen molar-refractivity contribution in [1.29, 1.82) is 0 Å². The van der Waals surface area contributed by atoms with Crippen molar-refractivity contribution in [3.8, 4) is 5.75 Å². The Hall–Kier alpha value is -0.190. The molecule has 0 bridgehead atoms. The Kier molecular flexibility index (Phi) is 6.04. The van der Waals surface area contributed by atoms with Gasteiger partial charge >= 0.3 is 0 Å². The Balaban J connectivity index is 2.42. The predicted molar refractivity (Wildman–Crippen MR) is 103 cm³/mol. The van der Waals surface area contributed by atoms with Gasteiger partial charge in [-0.15, -0.1) is 0 Å². The van der Waals surface area contributed by atoms with Crippen LogP contribution in [0.4, 0.5) is 5.69 Å². The quantitative estimate of drug-likeness (QED) is 0.768. The van der Waals surface area contributed by atoms with E-state index in [1.54, 1.807) is 0 Å². The number of hydrogen-bond acceptors (Lipinski definition) is 3. The molecule has 0 aromatic heterocycles. The molecule has 1 aliphatic rings. The minimum absolute atomic E-state index is 0.164. The number of nitrogens with zero attached hydrogens (tertiary/aromatic N) is 2. The van der Waals surface area contributed by atoms with E-state index in [0.717, 1.165) is 30.9 Å². The molecule has 3 nitrogen and oxygen atoms in total. The zero-order valence-electron chi connectivity index (χ0n) is 13.0. The molecule has 1 aromatic rings. The van der Waals surface area contributed by atoms with Crippen molar-refractivity contribution < 1.29 is 4.74 Å². The predicted octanol–water partition coefficient (Wildman–Crippen LogP) is 4.05. The van der Waals surface area contributed by atoms with Crippen molar-refractivity contribution in [2.45, 2.75) is 33.3 Å². The van der Waals surface area contributed by atoms with Crippen LogP contribution in [0.15, 0.2) is 18.2 Å². The summed E-state index contributed by atoms with van der Waals surface area (Å²) >= 11 is 0. The van der Waals surface area contributed by atoms with Crippen molar-refractivity contribution in [2.75, 3.05) is 17.5 Å². The zero-order chi connectivity index (χ0) is 15.6. The largest absolute Gasteiger partial charge is 0.489 e. The molecule has 1 aromatic carbocycles. The maximum absolute atomic E-state index is 6.00. The van der Waals surface area contributed by atoms with Gasteiger partial charge in [-0.1, -0.05) is 15.5 Å². The fourth-order valence-electron chi connectivity index (χ4n) is 2.50. The van der Waals surface area contributed by atoms with Crippen molar-refractivity contribution in [1.82, 2.24) is 4.67 Å². The van der Waals surface area contributed by atoms with E-state index in [4.69, 9.17) is 4.74 Å². The van der Waals surface area contributed by atoms with Gasteiger partial charge in [-0.2, -0.15) is 0 Å². The van der Waals surface area contributed by atoms with Crippen molar-refractivity contribution in [2.24, 2.45) is 0 Å². The van der Waals surface area contributed by atoms with Gasteiger partial charge in [0.2, 0.25) is 0 Å². The summed E-state index contributed by atoms with van der Waals surface area (Å²) in [7, 11) is 8.12. The van der Waals surface area contributed by atoms with Crippen molar-refractivity contribution in [3.05, 3.63) is 29.3 Å². The van der Waals surface area contributed by atoms with Crippen LogP contribution >= 0.6 is 28.2 Å². The lowest BCUT2D eigenvalue weighted by molar-refractivity contribution is 0.243. The molecule has 3 atom stereocenters. The maximum Gasteiger partial charge on any atom is 0.144 e. The number of benzene rings is 1. The Bertz CT molecular complexity index is 544. The standard InChI is InChI=1S/C15H25N2OP3/c1-10(2)18-15-9-13(11(3)8-14(15)17(20)21)12-4-6-16(19)7-5-12/h4,8-10H,5-7,19-21H2,1-3H3. The zero-order valence-corrected chi connectivity index (χ0v) is 16.4. The van der Waals surface area contributed by atoms with Crippen LogP contribution in [-0.2, 0) is 0 Å². The van der Waals surface area contributed by atoms with Gasteiger partial charge in [-0.25, -0.2) is 0 Å². The molecule has 116 valence electrons. The highest BCUT2D eigenvalue weighted by molar-refractivity contribution is 7.39. The highest BCUT2D eigenvalue weighted by Gasteiger charge is 2.16. The Morgan fingerprint density at radius 3 is 2.52 bits per heavy atom. The van der Waals surface area contributed by atoms with Crippen LogP contribution in [-0.4, -0.2) is 23.9 Å². The van der Waals surface area contributed by atoms with Crippen LogP contribution in [0.25, 0.3) is 5.57 Å².